The Morgan fingerprint density at radius 3 is 1.83 bits per heavy atom. The molecule has 3 nitrogen and oxygen atoms in total. The highest BCUT2D eigenvalue weighted by atomic mass is 28.1. The smallest absolute Gasteiger partial charge is 0.0771 e. The van der Waals surface area contributed by atoms with E-state index in [0.29, 0.717) is 0 Å². The van der Waals surface area contributed by atoms with E-state index < -0.39 is 0 Å². The van der Waals surface area contributed by atoms with Crippen molar-refractivity contribution >= 4 is 38.1 Å². The van der Waals surface area contributed by atoms with Gasteiger partial charge in [0, 0.05) is 53.5 Å². The van der Waals surface area contributed by atoms with Gasteiger partial charge in [0.05, 0.1) is 21.6 Å². The van der Waals surface area contributed by atoms with Crippen molar-refractivity contribution in [1.29, 1.82) is 0 Å². The number of hydrogen-bond donors (Lipinski definition) is 0. The summed E-state index contributed by atoms with van der Waals surface area (Å²) in [6, 6.07) is 12.5. The molecule has 0 atom stereocenters. The Morgan fingerprint density at radius 1 is 0.833 bits per heavy atom. The zero-order chi connectivity index (χ0) is 18.0. The third-order valence-electron chi connectivity index (χ3n) is 4.08. The highest BCUT2D eigenvalue weighted by Gasteiger charge is 2.21. The van der Waals surface area contributed by atoms with Crippen molar-refractivity contribution in [2.45, 2.75) is 0 Å². The fraction of sp³-hybridized carbons (Fsp3) is 0.300. The lowest BCUT2D eigenvalue weighted by Crippen LogP contribution is -2.29. The first-order valence-corrected chi connectivity index (χ1v) is 8.45. The molecule has 0 saturated heterocycles. The van der Waals surface area contributed by atoms with Gasteiger partial charge in [-0.3, -0.25) is 0 Å². The molecule has 0 heterocycles. The van der Waals surface area contributed by atoms with Gasteiger partial charge in [0.25, 0.3) is 0 Å². The Balaban J connectivity index is 2.80. The Labute approximate surface area is 149 Å². The van der Waals surface area contributed by atoms with Crippen LogP contribution in [0.3, 0.4) is 0 Å². The highest BCUT2D eigenvalue weighted by molar-refractivity contribution is 6.41. The van der Waals surface area contributed by atoms with Gasteiger partial charge in [-0.25, -0.2) is 0 Å². The minimum Gasteiger partial charge on any atom is -0.378 e. The molecule has 2 aromatic carbocycles. The summed E-state index contributed by atoms with van der Waals surface area (Å²) in [5, 5.41) is 1.08. The van der Waals surface area contributed by atoms with Crippen LogP contribution in [0.15, 0.2) is 43.0 Å². The first-order valence-electron chi connectivity index (χ1n) is 7.95. The summed E-state index contributed by atoms with van der Waals surface area (Å²) in [4.78, 5) is 6.42. The Hall–Kier alpha value is -2.20. The molecule has 125 valence electrons. The van der Waals surface area contributed by atoms with Crippen LogP contribution in [0.5, 0.6) is 0 Å². The predicted octanol–water partition coefficient (Wildman–Crippen LogP) is 2.74. The Morgan fingerprint density at radius 2 is 1.38 bits per heavy atom. The van der Waals surface area contributed by atoms with Crippen LogP contribution in [0.1, 0.15) is 11.1 Å². The fourth-order valence-corrected chi connectivity index (χ4v) is 3.55. The van der Waals surface area contributed by atoms with E-state index in [1.165, 1.54) is 0 Å². The van der Waals surface area contributed by atoms with E-state index in [2.05, 4.69) is 92.0 Å². The van der Waals surface area contributed by atoms with Crippen molar-refractivity contribution in [2.75, 3.05) is 57.0 Å². The average molecular weight is 337 g/mol. The van der Waals surface area contributed by atoms with Gasteiger partial charge in [0.1, 0.15) is 0 Å². The fourth-order valence-electron chi connectivity index (χ4n) is 2.91. The second-order valence-corrected chi connectivity index (χ2v) is 7.04. The summed E-state index contributed by atoms with van der Waals surface area (Å²) in [7, 11) is 16.3. The molecule has 0 spiro atoms. The van der Waals surface area contributed by atoms with Gasteiger partial charge in [-0.1, -0.05) is 36.9 Å². The topological polar surface area (TPSA) is 9.72 Å². The van der Waals surface area contributed by atoms with E-state index in [-0.39, 0.29) is 0 Å². The maximum absolute atomic E-state index is 4.39. The lowest BCUT2D eigenvalue weighted by molar-refractivity contribution is 1.07. The standard InChI is InChI=1S/C20H26N3Si/c1-14(15-11-9-8-10-12-15)16-13-17(21(2)3)20(24)19(23(6)7)18(16)22(4)5/h8-13H,1H2,2-7H3. The van der Waals surface area contributed by atoms with Crippen molar-refractivity contribution in [3.63, 3.8) is 0 Å². The van der Waals surface area contributed by atoms with Gasteiger partial charge in [-0.05, 0) is 22.4 Å². The molecule has 4 heteroatoms. The van der Waals surface area contributed by atoms with Gasteiger partial charge >= 0.3 is 0 Å². The molecule has 0 aliphatic rings. The number of benzene rings is 2. The van der Waals surface area contributed by atoms with E-state index in [1.54, 1.807) is 0 Å². The van der Waals surface area contributed by atoms with Gasteiger partial charge in [-0.15, -0.1) is 0 Å². The summed E-state index contributed by atoms with van der Waals surface area (Å²) in [5.41, 5.74) is 6.74. The Bertz CT molecular complexity index is 734. The summed E-state index contributed by atoms with van der Waals surface area (Å²) in [6.07, 6.45) is 0. The largest absolute Gasteiger partial charge is 0.378 e. The first kappa shape index (κ1) is 18.1. The van der Waals surface area contributed by atoms with Gasteiger partial charge in [0.2, 0.25) is 0 Å². The molecule has 0 saturated carbocycles. The van der Waals surface area contributed by atoms with E-state index in [4.69, 9.17) is 0 Å². The monoisotopic (exact) mass is 336 g/mol. The molecule has 3 radical (unpaired) electrons. The normalized spacial score (nSPS) is 10.5. The quantitative estimate of drug-likeness (QED) is 0.778. The SMILES string of the molecule is C=C(c1ccccc1)c1cc(N(C)C)c([Si])c(N(C)C)c1N(C)C. The maximum Gasteiger partial charge on any atom is 0.0771 e. The molecule has 24 heavy (non-hydrogen) atoms. The van der Waals surface area contributed by atoms with Crippen LogP contribution in [-0.4, -0.2) is 52.5 Å². The molecule has 2 rings (SSSR count). The summed E-state index contributed by atoms with van der Waals surface area (Å²) < 4.78 is 0. The molecule has 0 aromatic heterocycles. The number of nitrogens with zero attached hydrogens (tertiary/aromatic N) is 3. The van der Waals surface area contributed by atoms with Crippen LogP contribution >= 0.6 is 0 Å². The van der Waals surface area contributed by atoms with Crippen LogP contribution in [0.4, 0.5) is 17.1 Å². The van der Waals surface area contributed by atoms with Crippen LogP contribution in [0.25, 0.3) is 5.57 Å². The average Bonchev–Trinajstić information content (AvgIpc) is 2.53. The molecular weight excluding hydrogens is 310 g/mol. The first-order chi connectivity index (χ1) is 11.3. The summed E-state index contributed by atoms with van der Waals surface area (Å²) in [6.45, 7) is 4.39. The minimum atomic E-state index is 1.03. The van der Waals surface area contributed by atoms with Crippen LogP contribution < -0.4 is 19.9 Å². The molecule has 2 aromatic rings. The van der Waals surface area contributed by atoms with Crippen molar-refractivity contribution in [3.8, 4) is 0 Å². The zero-order valence-electron chi connectivity index (χ0n) is 15.5. The van der Waals surface area contributed by atoms with Crippen LogP contribution in [0.2, 0.25) is 0 Å². The zero-order valence-corrected chi connectivity index (χ0v) is 16.5. The molecule has 0 aliphatic carbocycles. The molecular formula is C20H26N3Si. The molecule has 0 aliphatic heterocycles. The molecule has 0 unspecified atom stereocenters. The van der Waals surface area contributed by atoms with Crippen molar-refractivity contribution in [3.05, 3.63) is 54.1 Å². The molecule has 0 bridgehead atoms. The van der Waals surface area contributed by atoms with Gasteiger partial charge < -0.3 is 14.7 Å². The van der Waals surface area contributed by atoms with Gasteiger partial charge in [0.15, 0.2) is 0 Å². The third kappa shape index (κ3) is 3.34. The lowest BCUT2D eigenvalue weighted by Gasteiger charge is -2.31. The summed E-state index contributed by atoms with van der Waals surface area (Å²) in [5.74, 6) is 0. The lowest BCUT2D eigenvalue weighted by atomic mass is 9.95. The van der Waals surface area contributed by atoms with E-state index in [0.717, 1.165) is 38.9 Å². The van der Waals surface area contributed by atoms with Crippen molar-refractivity contribution in [2.24, 2.45) is 0 Å². The van der Waals surface area contributed by atoms with Gasteiger partial charge in [-0.2, -0.15) is 0 Å². The third-order valence-corrected chi connectivity index (χ3v) is 4.57. The number of rotatable bonds is 5. The van der Waals surface area contributed by atoms with E-state index in [9.17, 15) is 0 Å². The minimum absolute atomic E-state index is 1.03. The molecule has 0 N–H and O–H groups in total. The van der Waals surface area contributed by atoms with E-state index >= 15 is 0 Å². The number of anilines is 3. The maximum atomic E-state index is 4.39. The predicted molar refractivity (Wildman–Crippen MR) is 109 cm³/mol. The van der Waals surface area contributed by atoms with E-state index in [1.807, 2.05) is 18.2 Å². The summed E-state index contributed by atoms with van der Waals surface area (Å²) >= 11 is 0. The van der Waals surface area contributed by atoms with Crippen LogP contribution in [-0.2, 0) is 0 Å². The second-order valence-electron chi connectivity index (χ2n) is 6.54. The highest BCUT2D eigenvalue weighted by Crippen LogP contribution is 2.38. The Kier molecular flexibility index (Phi) is 5.39. The van der Waals surface area contributed by atoms with Crippen molar-refractivity contribution < 1.29 is 0 Å². The van der Waals surface area contributed by atoms with Crippen LogP contribution in [0, 0.1) is 0 Å². The van der Waals surface area contributed by atoms with Crippen molar-refractivity contribution in [1.82, 2.24) is 0 Å². The second kappa shape index (κ2) is 7.14. The molecule has 0 amide bonds. The number of hydrogen-bond acceptors (Lipinski definition) is 3. The molecule has 0 fully saturated rings.